The second-order valence-corrected chi connectivity index (χ2v) is 6.78. The summed E-state index contributed by atoms with van der Waals surface area (Å²) in [4.78, 5) is 12.1. The molecular formula is C14H17IN2O2. The third kappa shape index (κ3) is 2.44. The van der Waals surface area contributed by atoms with E-state index in [9.17, 15) is 4.79 Å². The fourth-order valence-corrected chi connectivity index (χ4v) is 3.91. The summed E-state index contributed by atoms with van der Waals surface area (Å²) in [6, 6.07) is 3.69. The summed E-state index contributed by atoms with van der Waals surface area (Å²) in [6.45, 7) is 2.24. The van der Waals surface area contributed by atoms with Gasteiger partial charge in [-0.2, -0.15) is 5.10 Å². The van der Waals surface area contributed by atoms with Gasteiger partial charge in [-0.3, -0.25) is 4.79 Å². The zero-order valence-electron chi connectivity index (χ0n) is 10.9. The van der Waals surface area contributed by atoms with Gasteiger partial charge in [-0.05, 0) is 58.9 Å². The van der Waals surface area contributed by atoms with Crippen molar-refractivity contribution in [3.05, 3.63) is 21.7 Å². The van der Waals surface area contributed by atoms with Crippen LogP contribution < -0.4 is 5.43 Å². The molecule has 3 atom stereocenters. The van der Waals surface area contributed by atoms with E-state index in [0.717, 1.165) is 3.77 Å². The van der Waals surface area contributed by atoms with Gasteiger partial charge in [0.2, 0.25) is 5.91 Å². The lowest BCUT2D eigenvalue weighted by Gasteiger charge is -2.15. The second-order valence-electron chi connectivity index (χ2n) is 5.71. The maximum Gasteiger partial charge on any atom is 0.244 e. The summed E-state index contributed by atoms with van der Waals surface area (Å²) < 4.78 is 6.15. The number of nitrogens with one attached hydrogen (secondary N) is 1. The van der Waals surface area contributed by atoms with Crippen molar-refractivity contribution in [2.24, 2.45) is 22.4 Å². The molecule has 102 valence electrons. The van der Waals surface area contributed by atoms with E-state index in [1.165, 1.54) is 25.7 Å². The second kappa shape index (κ2) is 4.92. The predicted octanol–water partition coefficient (Wildman–Crippen LogP) is 3.16. The first kappa shape index (κ1) is 13.1. The third-order valence-corrected chi connectivity index (χ3v) is 5.15. The van der Waals surface area contributed by atoms with Crippen molar-refractivity contribution in [1.82, 2.24) is 5.43 Å². The Morgan fingerprint density at radius 1 is 1.58 bits per heavy atom. The van der Waals surface area contributed by atoms with E-state index in [2.05, 4.69) is 40.0 Å². The molecule has 1 heterocycles. The lowest BCUT2D eigenvalue weighted by Crippen LogP contribution is -2.22. The molecule has 0 saturated heterocycles. The smallest absolute Gasteiger partial charge is 0.244 e. The number of halogens is 1. The first-order chi connectivity index (χ1) is 9.11. The van der Waals surface area contributed by atoms with E-state index < -0.39 is 0 Å². The Morgan fingerprint density at radius 3 is 3.05 bits per heavy atom. The van der Waals surface area contributed by atoms with Gasteiger partial charge in [0.25, 0.3) is 0 Å². The summed E-state index contributed by atoms with van der Waals surface area (Å²) in [5.41, 5.74) is 2.89. The molecule has 1 amide bonds. The average molecular weight is 372 g/mol. The van der Waals surface area contributed by atoms with Crippen LogP contribution in [0.4, 0.5) is 0 Å². The maximum atomic E-state index is 12.1. The van der Waals surface area contributed by atoms with Crippen LogP contribution in [0, 0.1) is 21.0 Å². The van der Waals surface area contributed by atoms with Crippen LogP contribution in [0.2, 0.25) is 0 Å². The normalized spacial score (nSPS) is 33.2. The van der Waals surface area contributed by atoms with E-state index in [1.807, 2.05) is 12.1 Å². The number of nitrogens with zero attached hydrogens (tertiary/aromatic N) is 1. The number of hydrazone groups is 1. The molecule has 0 radical (unpaired) electrons. The number of amides is 1. The van der Waals surface area contributed by atoms with Gasteiger partial charge in [0.15, 0.2) is 3.77 Å². The van der Waals surface area contributed by atoms with E-state index in [0.29, 0.717) is 11.7 Å². The average Bonchev–Trinajstić information content (AvgIpc) is 2.81. The molecule has 0 bridgehead atoms. The topological polar surface area (TPSA) is 54.6 Å². The van der Waals surface area contributed by atoms with Crippen LogP contribution in [0.3, 0.4) is 0 Å². The molecule has 19 heavy (non-hydrogen) atoms. The Balaban J connectivity index is 1.56. The van der Waals surface area contributed by atoms with Crippen LogP contribution in [0.5, 0.6) is 0 Å². The minimum absolute atomic E-state index is 0.0619. The molecule has 0 aromatic carbocycles. The number of furan rings is 1. The van der Waals surface area contributed by atoms with Crippen LogP contribution in [-0.2, 0) is 4.79 Å². The van der Waals surface area contributed by atoms with Crippen LogP contribution >= 0.6 is 22.6 Å². The van der Waals surface area contributed by atoms with Crippen molar-refractivity contribution in [1.29, 1.82) is 0 Å². The molecule has 2 saturated carbocycles. The summed E-state index contributed by atoms with van der Waals surface area (Å²) in [6.07, 6.45) is 6.43. The molecule has 4 nitrogen and oxygen atoms in total. The van der Waals surface area contributed by atoms with Crippen molar-refractivity contribution < 1.29 is 9.21 Å². The molecule has 0 spiro atoms. The fourth-order valence-electron chi connectivity index (χ4n) is 3.48. The summed E-state index contributed by atoms with van der Waals surface area (Å²) in [7, 11) is 0. The molecule has 0 aliphatic heterocycles. The fraction of sp³-hybridized carbons (Fsp3) is 0.571. The highest BCUT2D eigenvalue weighted by Gasteiger charge is 2.64. The highest BCUT2D eigenvalue weighted by Crippen LogP contribution is 2.66. The Labute approximate surface area is 126 Å². The zero-order chi connectivity index (χ0) is 13.5. The molecular weight excluding hydrogens is 355 g/mol. The number of rotatable bonds is 3. The molecule has 3 rings (SSSR count). The Morgan fingerprint density at radius 2 is 2.42 bits per heavy atom. The number of fused-ring (bicyclic) bond motifs is 1. The molecule has 1 N–H and O–H groups in total. The Kier molecular flexibility index (Phi) is 3.41. The van der Waals surface area contributed by atoms with E-state index in [1.54, 1.807) is 6.21 Å². The van der Waals surface area contributed by atoms with Crippen LogP contribution in [-0.4, -0.2) is 12.1 Å². The highest BCUT2D eigenvalue weighted by atomic mass is 127. The first-order valence-electron chi connectivity index (χ1n) is 6.69. The van der Waals surface area contributed by atoms with Crippen LogP contribution in [0.15, 0.2) is 21.7 Å². The van der Waals surface area contributed by atoms with Gasteiger partial charge >= 0.3 is 0 Å². The lowest BCUT2D eigenvalue weighted by molar-refractivity contribution is -0.123. The van der Waals surface area contributed by atoms with Crippen LogP contribution in [0.25, 0.3) is 0 Å². The first-order valence-corrected chi connectivity index (χ1v) is 7.77. The van der Waals surface area contributed by atoms with Gasteiger partial charge in [-0.25, -0.2) is 5.43 Å². The summed E-state index contributed by atoms with van der Waals surface area (Å²) >= 11 is 2.09. The monoisotopic (exact) mass is 372 g/mol. The molecule has 0 unspecified atom stereocenters. The molecule has 2 aliphatic rings. The van der Waals surface area contributed by atoms with Gasteiger partial charge in [-0.1, -0.05) is 19.8 Å². The highest BCUT2D eigenvalue weighted by molar-refractivity contribution is 14.1. The number of carbonyl (C=O) groups is 1. The third-order valence-electron chi connectivity index (χ3n) is 4.57. The molecule has 1 aromatic rings. The van der Waals surface area contributed by atoms with Crippen LogP contribution in [0.1, 0.15) is 38.4 Å². The SMILES string of the molecule is C[C@]12CCCC[C@H]1[C@H]2C(=O)N/N=C\c1ccc(I)o1. The van der Waals surface area contributed by atoms with Crippen molar-refractivity contribution >= 4 is 34.7 Å². The van der Waals surface area contributed by atoms with Crippen molar-refractivity contribution in [3.8, 4) is 0 Å². The number of hydrogen-bond acceptors (Lipinski definition) is 3. The van der Waals surface area contributed by atoms with Gasteiger partial charge in [-0.15, -0.1) is 0 Å². The van der Waals surface area contributed by atoms with Crippen molar-refractivity contribution in [2.75, 3.05) is 0 Å². The number of hydrogen-bond donors (Lipinski definition) is 1. The lowest BCUT2D eigenvalue weighted by atomic mass is 9.90. The van der Waals surface area contributed by atoms with Gasteiger partial charge < -0.3 is 4.42 Å². The van der Waals surface area contributed by atoms with E-state index in [4.69, 9.17) is 4.42 Å². The summed E-state index contributed by atoms with van der Waals surface area (Å²) in [5, 5.41) is 3.98. The molecule has 1 aromatic heterocycles. The standard InChI is InChI=1S/C14H17IN2O2/c1-14-7-3-2-4-10(14)12(14)13(18)17-16-8-9-5-6-11(15)19-9/h5-6,8,10,12H,2-4,7H2,1H3,(H,17,18)/b16-8-/t10-,12-,14-/m0/s1. The molecule has 2 aliphatic carbocycles. The maximum absolute atomic E-state index is 12.1. The van der Waals surface area contributed by atoms with E-state index in [-0.39, 0.29) is 17.2 Å². The number of carbonyl (C=O) groups excluding carboxylic acids is 1. The van der Waals surface area contributed by atoms with Gasteiger partial charge in [0, 0.05) is 5.92 Å². The van der Waals surface area contributed by atoms with Crippen molar-refractivity contribution in [3.63, 3.8) is 0 Å². The Bertz CT molecular complexity index is 525. The zero-order valence-corrected chi connectivity index (χ0v) is 13.0. The summed E-state index contributed by atoms with van der Waals surface area (Å²) in [5.74, 6) is 1.45. The predicted molar refractivity (Wildman–Crippen MR) is 80.7 cm³/mol. The molecule has 2 fully saturated rings. The Hall–Kier alpha value is -0.850. The minimum atomic E-state index is 0.0619. The van der Waals surface area contributed by atoms with E-state index >= 15 is 0 Å². The molecule has 5 heteroatoms. The largest absolute Gasteiger partial charge is 0.449 e. The quantitative estimate of drug-likeness (QED) is 0.504. The van der Waals surface area contributed by atoms with Crippen molar-refractivity contribution in [2.45, 2.75) is 32.6 Å². The van der Waals surface area contributed by atoms with Gasteiger partial charge in [0.1, 0.15) is 5.76 Å². The minimum Gasteiger partial charge on any atom is -0.449 e. The van der Waals surface area contributed by atoms with Gasteiger partial charge in [0.05, 0.1) is 6.21 Å².